The molecule has 0 saturated heterocycles. The van der Waals surface area contributed by atoms with Gasteiger partial charge in [0.15, 0.2) is 0 Å². The summed E-state index contributed by atoms with van der Waals surface area (Å²) in [6, 6.07) is 18.7. The van der Waals surface area contributed by atoms with Crippen LogP contribution in [0.2, 0.25) is 0 Å². The molecule has 2 aromatic carbocycles. The SMILES string of the molecule is Cc1nc(COc2ccc(CNCc3ccccc3Cn3cccn3)cc2)cs1. The van der Waals surface area contributed by atoms with Crippen molar-refractivity contribution in [1.82, 2.24) is 20.1 Å². The molecule has 0 saturated carbocycles. The standard InChI is InChI=1S/C23H24N4OS/c1-18-26-22(17-29-18)16-28-23-9-7-19(8-10-23)13-24-14-20-5-2-3-6-21(20)15-27-12-4-11-25-27/h2-12,17,24H,13-16H2,1H3. The maximum Gasteiger partial charge on any atom is 0.131 e. The van der Waals surface area contributed by atoms with Gasteiger partial charge in [-0.1, -0.05) is 36.4 Å². The molecule has 1 N–H and O–H groups in total. The number of aromatic nitrogens is 3. The van der Waals surface area contributed by atoms with Crippen LogP contribution in [0.5, 0.6) is 5.75 Å². The number of nitrogens with one attached hydrogen (secondary N) is 1. The largest absolute Gasteiger partial charge is 0.487 e. The minimum absolute atomic E-state index is 0.509. The van der Waals surface area contributed by atoms with Crippen LogP contribution in [-0.2, 0) is 26.2 Å². The van der Waals surface area contributed by atoms with Crippen molar-refractivity contribution < 1.29 is 4.74 Å². The Kier molecular flexibility index (Phi) is 6.34. The zero-order chi connectivity index (χ0) is 19.9. The minimum atomic E-state index is 0.509. The fraction of sp³-hybridized carbons (Fsp3) is 0.217. The van der Waals surface area contributed by atoms with Gasteiger partial charge in [-0.2, -0.15) is 5.10 Å². The highest BCUT2D eigenvalue weighted by Crippen LogP contribution is 2.16. The van der Waals surface area contributed by atoms with Crippen molar-refractivity contribution in [1.29, 1.82) is 0 Å². The molecule has 0 aliphatic rings. The topological polar surface area (TPSA) is 52.0 Å². The van der Waals surface area contributed by atoms with Crippen molar-refractivity contribution in [3.05, 3.63) is 99.8 Å². The van der Waals surface area contributed by atoms with Crippen molar-refractivity contribution >= 4 is 11.3 Å². The minimum Gasteiger partial charge on any atom is -0.487 e. The van der Waals surface area contributed by atoms with Gasteiger partial charge >= 0.3 is 0 Å². The summed E-state index contributed by atoms with van der Waals surface area (Å²) in [4.78, 5) is 4.42. The summed E-state index contributed by atoms with van der Waals surface area (Å²) in [5.74, 6) is 0.865. The van der Waals surface area contributed by atoms with Gasteiger partial charge in [0.2, 0.25) is 0 Å². The lowest BCUT2D eigenvalue weighted by atomic mass is 10.1. The first-order valence-electron chi connectivity index (χ1n) is 9.64. The monoisotopic (exact) mass is 404 g/mol. The molecule has 4 rings (SSSR count). The highest BCUT2D eigenvalue weighted by molar-refractivity contribution is 7.09. The molecule has 6 heteroatoms. The predicted octanol–water partition coefficient (Wildman–Crippen LogP) is 4.57. The van der Waals surface area contributed by atoms with Gasteiger partial charge in [-0.15, -0.1) is 11.3 Å². The molecule has 0 unspecified atom stereocenters. The molecule has 0 aliphatic carbocycles. The van der Waals surface area contributed by atoms with Crippen LogP contribution >= 0.6 is 11.3 Å². The Balaban J connectivity index is 1.27. The van der Waals surface area contributed by atoms with Crippen LogP contribution in [0, 0.1) is 6.92 Å². The van der Waals surface area contributed by atoms with Crippen molar-refractivity contribution in [3.63, 3.8) is 0 Å². The second kappa shape index (κ2) is 9.49. The number of benzene rings is 2. The van der Waals surface area contributed by atoms with Gasteiger partial charge < -0.3 is 10.1 Å². The molecule has 0 radical (unpaired) electrons. The van der Waals surface area contributed by atoms with E-state index >= 15 is 0 Å². The van der Waals surface area contributed by atoms with E-state index in [1.165, 1.54) is 16.7 Å². The highest BCUT2D eigenvalue weighted by Gasteiger charge is 2.04. The Morgan fingerprint density at radius 2 is 1.83 bits per heavy atom. The van der Waals surface area contributed by atoms with Gasteiger partial charge in [-0.3, -0.25) is 4.68 Å². The molecular weight excluding hydrogens is 380 g/mol. The van der Waals surface area contributed by atoms with Crippen molar-refractivity contribution in [2.24, 2.45) is 0 Å². The van der Waals surface area contributed by atoms with Gasteiger partial charge in [-0.05, 0) is 41.8 Å². The summed E-state index contributed by atoms with van der Waals surface area (Å²) in [6.45, 7) is 4.93. The van der Waals surface area contributed by atoms with E-state index in [0.29, 0.717) is 6.61 Å². The zero-order valence-electron chi connectivity index (χ0n) is 16.4. The van der Waals surface area contributed by atoms with Crippen LogP contribution in [0.1, 0.15) is 27.4 Å². The average Bonchev–Trinajstić information content (AvgIpc) is 3.40. The Morgan fingerprint density at radius 3 is 2.55 bits per heavy atom. The molecule has 0 bridgehead atoms. The van der Waals surface area contributed by atoms with Crippen LogP contribution in [-0.4, -0.2) is 14.8 Å². The molecule has 5 nitrogen and oxygen atoms in total. The highest BCUT2D eigenvalue weighted by atomic mass is 32.1. The molecule has 2 aromatic heterocycles. The van der Waals surface area contributed by atoms with Gasteiger partial charge in [-0.25, -0.2) is 4.98 Å². The number of thiazole rings is 1. The molecule has 0 amide bonds. The van der Waals surface area contributed by atoms with E-state index in [9.17, 15) is 0 Å². The number of ether oxygens (including phenoxy) is 1. The van der Waals surface area contributed by atoms with Crippen molar-refractivity contribution in [2.75, 3.05) is 0 Å². The third-order valence-corrected chi connectivity index (χ3v) is 5.45. The third kappa shape index (κ3) is 5.53. The molecular formula is C23H24N4OS. The first kappa shape index (κ1) is 19.4. The van der Waals surface area contributed by atoms with E-state index in [2.05, 4.69) is 51.8 Å². The van der Waals surface area contributed by atoms with Gasteiger partial charge in [0.1, 0.15) is 12.4 Å². The van der Waals surface area contributed by atoms with Crippen molar-refractivity contribution in [3.8, 4) is 5.75 Å². The average molecular weight is 405 g/mol. The normalized spacial score (nSPS) is 10.9. The smallest absolute Gasteiger partial charge is 0.131 e. The van der Waals surface area contributed by atoms with Gasteiger partial charge in [0.05, 0.1) is 17.2 Å². The fourth-order valence-electron chi connectivity index (χ4n) is 3.13. The molecule has 29 heavy (non-hydrogen) atoms. The molecule has 0 fully saturated rings. The van der Waals surface area contributed by atoms with Crippen LogP contribution in [0.3, 0.4) is 0 Å². The lowest BCUT2D eigenvalue weighted by Crippen LogP contribution is -2.15. The van der Waals surface area contributed by atoms with Crippen molar-refractivity contribution in [2.45, 2.75) is 33.2 Å². The van der Waals surface area contributed by atoms with E-state index in [-0.39, 0.29) is 0 Å². The summed E-state index contributed by atoms with van der Waals surface area (Å²) < 4.78 is 7.76. The molecule has 2 heterocycles. The first-order valence-corrected chi connectivity index (χ1v) is 10.5. The van der Waals surface area contributed by atoms with E-state index < -0.39 is 0 Å². The van der Waals surface area contributed by atoms with E-state index in [0.717, 1.165) is 36.1 Å². The van der Waals surface area contributed by atoms with E-state index in [4.69, 9.17) is 4.74 Å². The fourth-order valence-corrected chi connectivity index (χ4v) is 3.73. The summed E-state index contributed by atoms with van der Waals surface area (Å²) >= 11 is 1.65. The van der Waals surface area contributed by atoms with Gasteiger partial charge in [0.25, 0.3) is 0 Å². The second-order valence-corrected chi connectivity index (χ2v) is 7.93. The van der Waals surface area contributed by atoms with E-state index in [1.807, 2.05) is 47.6 Å². The quantitative estimate of drug-likeness (QED) is 0.444. The molecule has 0 atom stereocenters. The lowest BCUT2D eigenvalue weighted by molar-refractivity contribution is 0.302. The van der Waals surface area contributed by atoms with Gasteiger partial charge in [0, 0.05) is 30.9 Å². The second-order valence-electron chi connectivity index (χ2n) is 6.87. The maximum absolute atomic E-state index is 5.82. The van der Waals surface area contributed by atoms with Crippen LogP contribution in [0.15, 0.2) is 72.4 Å². The van der Waals surface area contributed by atoms with Crippen LogP contribution < -0.4 is 10.1 Å². The van der Waals surface area contributed by atoms with Crippen LogP contribution in [0.25, 0.3) is 0 Å². The molecule has 0 aliphatic heterocycles. The first-order chi connectivity index (χ1) is 14.3. The molecule has 148 valence electrons. The summed E-state index contributed by atoms with van der Waals surface area (Å²) in [6.07, 6.45) is 3.80. The predicted molar refractivity (Wildman–Crippen MR) is 116 cm³/mol. The number of rotatable bonds is 9. The Bertz CT molecular complexity index is 1030. The molecule has 0 spiro atoms. The summed E-state index contributed by atoms with van der Waals surface area (Å²) in [5, 5.41) is 10.9. The number of nitrogens with zero attached hydrogens (tertiary/aromatic N) is 3. The number of hydrogen-bond donors (Lipinski definition) is 1. The third-order valence-electron chi connectivity index (χ3n) is 4.63. The number of aryl methyl sites for hydroxylation is 1. The Hall–Kier alpha value is -2.96. The van der Waals surface area contributed by atoms with Crippen LogP contribution in [0.4, 0.5) is 0 Å². The molecule has 4 aromatic rings. The Labute approximate surface area is 175 Å². The summed E-state index contributed by atoms with van der Waals surface area (Å²) in [7, 11) is 0. The number of hydrogen-bond acceptors (Lipinski definition) is 5. The van der Waals surface area contributed by atoms with E-state index in [1.54, 1.807) is 11.3 Å². The summed E-state index contributed by atoms with van der Waals surface area (Å²) in [5.41, 5.74) is 4.78. The lowest BCUT2D eigenvalue weighted by Gasteiger charge is -2.11. The maximum atomic E-state index is 5.82. The zero-order valence-corrected chi connectivity index (χ0v) is 17.2. The Morgan fingerprint density at radius 1 is 1.00 bits per heavy atom.